The number of hydrogen-bond donors (Lipinski definition) is 2. The fraction of sp³-hybridized carbons (Fsp3) is 1.00. The van der Waals surface area contributed by atoms with Crippen LogP contribution in [0.1, 0.15) is 12.8 Å². The standard InChI is InChI=1S/C14H6F24O2/c15-5(9(21,22)23,10(24,25)26)3(39,7(17,18)13(33,34)35)1-2-4(40,8(19,20)14(36,37)38)6(16,11(27,28)29)12(30,31)32/h39-40H,1-2H2. The lowest BCUT2D eigenvalue weighted by Crippen LogP contribution is -2.79. The fourth-order valence-corrected chi connectivity index (χ4v) is 3.18. The Hall–Kier alpha value is -1.76. The number of halogens is 24. The molecule has 2 atom stereocenters. The van der Waals surface area contributed by atoms with Crippen molar-refractivity contribution in [1.82, 2.24) is 0 Å². The molecule has 0 bridgehead atoms. The van der Waals surface area contributed by atoms with E-state index in [9.17, 15) is 105 Å². The molecule has 0 radical (unpaired) electrons. The van der Waals surface area contributed by atoms with Crippen molar-refractivity contribution in [1.29, 1.82) is 0 Å². The lowest BCUT2D eigenvalue weighted by molar-refractivity contribution is -0.458. The van der Waals surface area contributed by atoms with E-state index in [1.807, 2.05) is 0 Å². The summed E-state index contributed by atoms with van der Waals surface area (Å²) in [5.74, 6) is -17.0. The molecule has 0 aliphatic rings. The largest absolute Gasteiger partial charge is 0.456 e. The predicted molar refractivity (Wildman–Crippen MR) is 73.0 cm³/mol. The highest BCUT2D eigenvalue weighted by atomic mass is 19.5. The van der Waals surface area contributed by atoms with E-state index in [-0.39, 0.29) is 0 Å². The van der Waals surface area contributed by atoms with Crippen molar-refractivity contribution in [3.63, 3.8) is 0 Å². The van der Waals surface area contributed by atoms with Crippen LogP contribution in [-0.4, -0.2) is 81.7 Å². The van der Waals surface area contributed by atoms with Crippen molar-refractivity contribution in [3.8, 4) is 0 Å². The van der Waals surface area contributed by atoms with E-state index in [2.05, 4.69) is 0 Å². The molecular weight excluding hydrogens is 656 g/mol. The molecule has 0 fully saturated rings. The van der Waals surface area contributed by atoms with Crippen LogP contribution in [0.2, 0.25) is 0 Å². The minimum absolute atomic E-state index is 4.99. The Labute approximate surface area is 201 Å². The molecule has 0 amide bonds. The molecule has 40 heavy (non-hydrogen) atoms. The van der Waals surface area contributed by atoms with Gasteiger partial charge in [0.05, 0.1) is 0 Å². The van der Waals surface area contributed by atoms with Gasteiger partial charge < -0.3 is 10.2 Å². The summed E-state index contributed by atoms with van der Waals surface area (Å²) in [5.41, 5.74) is -33.4. The molecule has 0 aliphatic carbocycles. The first-order valence-corrected chi connectivity index (χ1v) is 8.69. The van der Waals surface area contributed by atoms with Crippen LogP contribution in [0.5, 0.6) is 0 Å². The third-order valence-electron chi connectivity index (χ3n) is 5.30. The zero-order valence-electron chi connectivity index (χ0n) is 17.4. The molecule has 0 aromatic carbocycles. The molecule has 26 heteroatoms. The Morgan fingerprint density at radius 1 is 0.275 bits per heavy atom. The van der Waals surface area contributed by atoms with Crippen molar-refractivity contribution < 1.29 is 116 Å². The van der Waals surface area contributed by atoms with Gasteiger partial charge >= 0.3 is 60.2 Å². The number of hydrogen-bond acceptors (Lipinski definition) is 2. The second-order valence-electron chi connectivity index (χ2n) is 7.67. The first-order valence-electron chi connectivity index (χ1n) is 8.69. The van der Waals surface area contributed by atoms with Crippen LogP contribution in [0.3, 0.4) is 0 Å². The molecule has 0 saturated carbocycles. The van der Waals surface area contributed by atoms with Crippen molar-refractivity contribution in [2.24, 2.45) is 0 Å². The van der Waals surface area contributed by atoms with Crippen LogP contribution < -0.4 is 0 Å². The summed E-state index contributed by atoms with van der Waals surface area (Å²) in [4.78, 5) is 0. The minimum Gasteiger partial charge on any atom is -0.379 e. The van der Waals surface area contributed by atoms with Gasteiger partial charge in [-0.05, 0) is 12.8 Å². The molecule has 0 aliphatic heterocycles. The van der Waals surface area contributed by atoms with Crippen LogP contribution in [0.25, 0.3) is 0 Å². The molecule has 0 heterocycles. The predicted octanol–water partition coefficient (Wildman–Crippen LogP) is 7.29. The second kappa shape index (κ2) is 9.37. The van der Waals surface area contributed by atoms with Crippen LogP contribution in [0, 0.1) is 0 Å². The third-order valence-corrected chi connectivity index (χ3v) is 5.30. The summed E-state index contributed by atoms with van der Waals surface area (Å²) in [6.07, 6.45) is -60.0. The first-order chi connectivity index (χ1) is 16.7. The Morgan fingerprint density at radius 2 is 0.425 bits per heavy atom. The van der Waals surface area contributed by atoms with E-state index in [1.165, 1.54) is 0 Å². The molecular formula is C14H6F24O2. The van der Waals surface area contributed by atoms with E-state index in [0.29, 0.717) is 0 Å². The van der Waals surface area contributed by atoms with Gasteiger partial charge in [0.1, 0.15) is 0 Å². The van der Waals surface area contributed by atoms with Crippen molar-refractivity contribution in [2.75, 3.05) is 0 Å². The molecule has 0 rings (SSSR count). The number of aliphatic hydroxyl groups is 2. The quantitative estimate of drug-likeness (QED) is 0.282. The second-order valence-corrected chi connectivity index (χ2v) is 7.67. The molecule has 0 aromatic heterocycles. The van der Waals surface area contributed by atoms with E-state index >= 15 is 0 Å². The van der Waals surface area contributed by atoms with Gasteiger partial charge in [0.15, 0.2) is 11.2 Å². The highest BCUT2D eigenvalue weighted by Gasteiger charge is 2.94. The van der Waals surface area contributed by atoms with E-state index in [0.717, 1.165) is 0 Å². The van der Waals surface area contributed by atoms with Crippen LogP contribution in [0.15, 0.2) is 0 Å². The Morgan fingerprint density at radius 3 is 0.525 bits per heavy atom. The monoisotopic (exact) mass is 662 g/mol. The fourth-order valence-electron chi connectivity index (χ4n) is 3.18. The molecule has 2 N–H and O–H groups in total. The maximum absolute atomic E-state index is 14.2. The number of alkyl halides is 24. The summed E-state index contributed by atoms with van der Waals surface area (Å²) < 4.78 is 314. The van der Waals surface area contributed by atoms with Gasteiger partial charge in [0.2, 0.25) is 0 Å². The molecule has 242 valence electrons. The maximum atomic E-state index is 14.2. The summed E-state index contributed by atoms with van der Waals surface area (Å²) in [6.45, 7) is 0. The maximum Gasteiger partial charge on any atom is 0.456 e. The molecule has 0 saturated heterocycles. The van der Waals surface area contributed by atoms with Crippen LogP contribution in [0.4, 0.5) is 105 Å². The minimum atomic E-state index is -8.66. The molecule has 2 unspecified atom stereocenters. The van der Waals surface area contributed by atoms with Gasteiger partial charge in [-0.2, -0.15) is 96.6 Å². The normalized spacial score (nSPS) is 19.4. The van der Waals surface area contributed by atoms with Gasteiger partial charge in [-0.3, -0.25) is 0 Å². The van der Waals surface area contributed by atoms with Crippen LogP contribution >= 0.6 is 0 Å². The zero-order chi connectivity index (χ0) is 33.4. The summed E-state index contributed by atoms with van der Waals surface area (Å²) in [7, 11) is 0. The van der Waals surface area contributed by atoms with Crippen LogP contribution in [-0.2, 0) is 0 Å². The lowest BCUT2D eigenvalue weighted by atomic mass is 9.68. The first kappa shape index (κ1) is 38.2. The Bertz CT molecular complexity index is 795. The zero-order valence-corrected chi connectivity index (χ0v) is 17.4. The van der Waals surface area contributed by atoms with Gasteiger partial charge in [-0.15, -0.1) is 0 Å². The number of rotatable bonds is 7. The molecule has 0 aromatic rings. The van der Waals surface area contributed by atoms with E-state index in [1.54, 1.807) is 0 Å². The van der Waals surface area contributed by atoms with Crippen molar-refractivity contribution >= 4 is 0 Å². The van der Waals surface area contributed by atoms with E-state index < -0.39 is 84.3 Å². The summed E-state index contributed by atoms with van der Waals surface area (Å²) in [6, 6.07) is 0. The highest BCUT2D eigenvalue weighted by Crippen LogP contribution is 2.65. The van der Waals surface area contributed by atoms with Gasteiger partial charge in [-0.25, -0.2) is 8.78 Å². The van der Waals surface area contributed by atoms with Crippen molar-refractivity contribution in [3.05, 3.63) is 0 Å². The molecule has 0 spiro atoms. The average Bonchev–Trinajstić information content (AvgIpc) is 2.64. The Kier molecular flexibility index (Phi) is 8.96. The van der Waals surface area contributed by atoms with Crippen molar-refractivity contribution in [2.45, 2.75) is 84.3 Å². The van der Waals surface area contributed by atoms with Gasteiger partial charge in [0.25, 0.3) is 0 Å². The van der Waals surface area contributed by atoms with E-state index in [4.69, 9.17) is 10.2 Å². The van der Waals surface area contributed by atoms with Gasteiger partial charge in [0, 0.05) is 0 Å². The smallest absolute Gasteiger partial charge is 0.379 e. The third kappa shape index (κ3) is 4.96. The summed E-state index contributed by atoms with van der Waals surface area (Å²) in [5, 5.41) is 18.3. The average molecular weight is 662 g/mol. The molecule has 2 nitrogen and oxygen atoms in total. The summed E-state index contributed by atoms with van der Waals surface area (Å²) >= 11 is 0. The van der Waals surface area contributed by atoms with Gasteiger partial charge in [-0.1, -0.05) is 0 Å². The SMILES string of the molecule is OC(CCC(O)(C(F)(F)C(F)(F)F)C(F)(C(F)(F)F)C(F)(F)F)(C(F)(F)C(F)(F)F)C(F)(C(F)(F)F)C(F)(F)F. The Balaban J connectivity index is 8.11. The topological polar surface area (TPSA) is 40.5 Å². The lowest BCUT2D eigenvalue weighted by Gasteiger charge is -2.50. The highest BCUT2D eigenvalue weighted by molar-refractivity contribution is 5.22.